The average Bonchev–Trinajstić information content (AvgIpc) is 2.38. The van der Waals surface area contributed by atoms with Gasteiger partial charge < -0.3 is 14.6 Å². The Morgan fingerprint density at radius 1 is 1.41 bits per heavy atom. The molecule has 0 aliphatic carbocycles. The van der Waals surface area contributed by atoms with Crippen molar-refractivity contribution in [2.75, 3.05) is 13.7 Å². The van der Waals surface area contributed by atoms with Crippen LogP contribution in [0.5, 0.6) is 5.75 Å². The van der Waals surface area contributed by atoms with Crippen molar-refractivity contribution < 1.29 is 14.6 Å². The molecule has 1 heterocycles. The molecule has 0 aliphatic heterocycles. The van der Waals surface area contributed by atoms with Gasteiger partial charge in [0.15, 0.2) is 0 Å². The molecule has 0 aromatic carbocycles. The smallest absolute Gasteiger partial charge is 0.137 e. The van der Waals surface area contributed by atoms with Crippen molar-refractivity contribution >= 4 is 0 Å². The standard InChI is InChI=1S/C13H21NO3/c1-5-13(3,17-6-2)12(15)10-7-11(16-4)9-14-8-10/h7-9,12,15H,5-6H2,1-4H3. The van der Waals surface area contributed by atoms with E-state index in [0.717, 1.165) is 6.42 Å². The minimum absolute atomic E-state index is 0.568. The van der Waals surface area contributed by atoms with Crippen molar-refractivity contribution in [2.45, 2.75) is 38.9 Å². The summed E-state index contributed by atoms with van der Waals surface area (Å²) in [4.78, 5) is 4.04. The Bertz CT molecular complexity index is 356. The van der Waals surface area contributed by atoms with Gasteiger partial charge in [0.1, 0.15) is 11.9 Å². The van der Waals surface area contributed by atoms with E-state index in [4.69, 9.17) is 9.47 Å². The molecule has 1 aromatic rings. The Hall–Kier alpha value is -1.13. The fourth-order valence-electron chi connectivity index (χ4n) is 1.75. The summed E-state index contributed by atoms with van der Waals surface area (Å²) in [5.41, 5.74) is 0.116. The fourth-order valence-corrected chi connectivity index (χ4v) is 1.75. The SMILES string of the molecule is CCOC(C)(CC)C(O)c1cncc(OC)c1. The van der Waals surface area contributed by atoms with Crippen LogP contribution >= 0.6 is 0 Å². The Labute approximate surface area is 103 Å². The number of pyridine rings is 1. The first kappa shape index (κ1) is 13.9. The lowest BCUT2D eigenvalue weighted by molar-refractivity contribution is -0.113. The molecule has 17 heavy (non-hydrogen) atoms. The first-order valence-electron chi connectivity index (χ1n) is 5.88. The first-order valence-corrected chi connectivity index (χ1v) is 5.88. The lowest BCUT2D eigenvalue weighted by Crippen LogP contribution is -2.35. The van der Waals surface area contributed by atoms with Gasteiger partial charge in [-0.3, -0.25) is 4.98 Å². The minimum Gasteiger partial charge on any atom is -0.495 e. The monoisotopic (exact) mass is 239 g/mol. The maximum Gasteiger partial charge on any atom is 0.137 e. The maximum atomic E-state index is 10.4. The zero-order chi connectivity index (χ0) is 12.9. The van der Waals surface area contributed by atoms with Crippen LogP contribution in [0.15, 0.2) is 18.5 Å². The summed E-state index contributed by atoms with van der Waals surface area (Å²) in [5, 5.41) is 10.4. The number of nitrogens with zero attached hydrogens (tertiary/aromatic N) is 1. The third kappa shape index (κ3) is 3.17. The van der Waals surface area contributed by atoms with Crippen LogP contribution in [0.25, 0.3) is 0 Å². The number of aromatic nitrogens is 1. The van der Waals surface area contributed by atoms with Gasteiger partial charge in [-0.1, -0.05) is 6.92 Å². The third-order valence-electron chi connectivity index (χ3n) is 3.04. The van der Waals surface area contributed by atoms with Crippen LogP contribution in [0.4, 0.5) is 0 Å². The first-order chi connectivity index (χ1) is 8.07. The Kier molecular flexibility index (Phi) is 4.90. The van der Waals surface area contributed by atoms with Gasteiger partial charge in [-0.15, -0.1) is 0 Å². The highest BCUT2D eigenvalue weighted by molar-refractivity contribution is 5.26. The number of hydrogen-bond donors (Lipinski definition) is 1. The summed E-state index contributed by atoms with van der Waals surface area (Å²) in [5.74, 6) is 0.636. The predicted molar refractivity (Wildman–Crippen MR) is 66.1 cm³/mol. The Balaban J connectivity index is 2.96. The van der Waals surface area contributed by atoms with E-state index >= 15 is 0 Å². The van der Waals surface area contributed by atoms with Crippen molar-refractivity contribution in [1.82, 2.24) is 4.98 Å². The van der Waals surface area contributed by atoms with E-state index in [2.05, 4.69) is 4.98 Å². The molecule has 0 aliphatic rings. The van der Waals surface area contributed by atoms with Gasteiger partial charge in [0.25, 0.3) is 0 Å². The van der Waals surface area contributed by atoms with Crippen LogP contribution in [0.2, 0.25) is 0 Å². The van der Waals surface area contributed by atoms with E-state index in [1.54, 1.807) is 25.6 Å². The number of ether oxygens (including phenoxy) is 2. The molecule has 0 saturated carbocycles. The molecule has 1 rings (SSSR count). The second-order valence-electron chi connectivity index (χ2n) is 4.16. The molecule has 0 fully saturated rings. The molecule has 0 amide bonds. The van der Waals surface area contributed by atoms with Crippen LogP contribution < -0.4 is 4.74 Å². The summed E-state index contributed by atoms with van der Waals surface area (Å²) >= 11 is 0. The molecular weight excluding hydrogens is 218 g/mol. The van der Waals surface area contributed by atoms with Crippen molar-refractivity contribution in [2.24, 2.45) is 0 Å². The Morgan fingerprint density at radius 3 is 2.65 bits per heavy atom. The molecule has 0 spiro atoms. The molecule has 96 valence electrons. The number of aliphatic hydroxyl groups is 1. The van der Waals surface area contributed by atoms with E-state index < -0.39 is 11.7 Å². The zero-order valence-electron chi connectivity index (χ0n) is 10.9. The molecule has 2 atom stereocenters. The molecule has 0 radical (unpaired) electrons. The second kappa shape index (κ2) is 5.98. The largest absolute Gasteiger partial charge is 0.495 e. The van der Waals surface area contributed by atoms with Gasteiger partial charge in [-0.25, -0.2) is 0 Å². The lowest BCUT2D eigenvalue weighted by Gasteiger charge is -2.33. The van der Waals surface area contributed by atoms with Crippen LogP contribution in [0.1, 0.15) is 38.9 Å². The number of methoxy groups -OCH3 is 1. The molecule has 4 nitrogen and oxygen atoms in total. The van der Waals surface area contributed by atoms with Crippen LogP contribution in [-0.4, -0.2) is 29.4 Å². The van der Waals surface area contributed by atoms with E-state index in [1.165, 1.54) is 0 Å². The summed E-state index contributed by atoms with van der Waals surface area (Å²) in [6.07, 6.45) is 3.26. The highest BCUT2D eigenvalue weighted by Crippen LogP contribution is 2.32. The van der Waals surface area contributed by atoms with Gasteiger partial charge >= 0.3 is 0 Å². The van der Waals surface area contributed by atoms with E-state index in [1.807, 2.05) is 20.8 Å². The van der Waals surface area contributed by atoms with Crippen LogP contribution in [0, 0.1) is 0 Å². The quantitative estimate of drug-likeness (QED) is 0.827. The summed E-state index contributed by atoms with van der Waals surface area (Å²) in [7, 11) is 1.58. The maximum absolute atomic E-state index is 10.4. The minimum atomic E-state index is -0.713. The topological polar surface area (TPSA) is 51.6 Å². The molecular formula is C13H21NO3. The highest BCUT2D eigenvalue weighted by atomic mass is 16.5. The molecule has 4 heteroatoms. The van der Waals surface area contributed by atoms with Gasteiger partial charge in [0.2, 0.25) is 0 Å². The van der Waals surface area contributed by atoms with E-state index in [0.29, 0.717) is 17.9 Å². The third-order valence-corrected chi connectivity index (χ3v) is 3.04. The zero-order valence-corrected chi connectivity index (χ0v) is 10.9. The molecule has 0 bridgehead atoms. The van der Waals surface area contributed by atoms with Crippen molar-refractivity contribution in [3.8, 4) is 5.75 Å². The average molecular weight is 239 g/mol. The van der Waals surface area contributed by atoms with Gasteiger partial charge in [-0.05, 0) is 26.3 Å². The molecule has 1 aromatic heterocycles. The second-order valence-corrected chi connectivity index (χ2v) is 4.16. The van der Waals surface area contributed by atoms with Crippen molar-refractivity contribution in [3.63, 3.8) is 0 Å². The van der Waals surface area contributed by atoms with Crippen molar-refractivity contribution in [1.29, 1.82) is 0 Å². The molecule has 2 unspecified atom stereocenters. The molecule has 1 N–H and O–H groups in total. The van der Waals surface area contributed by atoms with Gasteiger partial charge in [-0.2, -0.15) is 0 Å². The van der Waals surface area contributed by atoms with E-state index in [9.17, 15) is 5.11 Å². The van der Waals surface area contributed by atoms with Crippen LogP contribution in [-0.2, 0) is 4.74 Å². The fraction of sp³-hybridized carbons (Fsp3) is 0.615. The predicted octanol–water partition coefficient (Wildman–Crippen LogP) is 2.33. The number of rotatable bonds is 6. The normalized spacial score (nSPS) is 16.3. The van der Waals surface area contributed by atoms with E-state index in [-0.39, 0.29) is 0 Å². The van der Waals surface area contributed by atoms with Gasteiger partial charge in [0.05, 0.1) is 18.9 Å². The summed E-state index contributed by atoms with van der Waals surface area (Å²) < 4.78 is 10.7. The Morgan fingerprint density at radius 2 is 2.12 bits per heavy atom. The van der Waals surface area contributed by atoms with Gasteiger partial charge in [0, 0.05) is 18.4 Å². The number of aliphatic hydroxyl groups excluding tert-OH is 1. The lowest BCUT2D eigenvalue weighted by atomic mass is 9.91. The van der Waals surface area contributed by atoms with Crippen LogP contribution in [0.3, 0.4) is 0 Å². The number of hydrogen-bond acceptors (Lipinski definition) is 4. The molecule has 0 saturated heterocycles. The summed E-state index contributed by atoms with van der Waals surface area (Å²) in [6, 6.07) is 1.78. The summed E-state index contributed by atoms with van der Waals surface area (Å²) in [6.45, 7) is 6.39. The highest BCUT2D eigenvalue weighted by Gasteiger charge is 2.33. The van der Waals surface area contributed by atoms with Crippen molar-refractivity contribution in [3.05, 3.63) is 24.0 Å².